The number of carbonyl (C=O) groups is 2. The van der Waals surface area contributed by atoms with Crippen molar-refractivity contribution in [3.63, 3.8) is 0 Å². The molecule has 1 aliphatic heterocycles. The Balaban J connectivity index is 1.62. The van der Waals surface area contributed by atoms with Gasteiger partial charge in [0.1, 0.15) is 0 Å². The van der Waals surface area contributed by atoms with Crippen molar-refractivity contribution in [2.45, 2.75) is 38.3 Å². The van der Waals surface area contributed by atoms with Gasteiger partial charge in [-0.2, -0.15) is 0 Å². The minimum atomic E-state index is -0.147. The van der Waals surface area contributed by atoms with Crippen LogP contribution in [-0.2, 0) is 4.79 Å². The average Bonchev–Trinajstić information content (AvgIpc) is 2.69. The first-order valence-electron chi connectivity index (χ1n) is 9.13. The molecule has 0 spiro atoms. The SMILES string of the molecule is CC(NC(=O)C1CCCCN1)c1cccc(NC(=O)c2ccccc2)c1. The predicted molar refractivity (Wildman–Crippen MR) is 103 cm³/mol. The molecule has 1 aliphatic rings. The Labute approximate surface area is 154 Å². The molecule has 0 aliphatic carbocycles. The highest BCUT2D eigenvalue weighted by atomic mass is 16.2. The van der Waals surface area contributed by atoms with Crippen LogP contribution in [0, 0.1) is 0 Å². The number of hydrogen-bond donors (Lipinski definition) is 3. The number of carbonyl (C=O) groups excluding carboxylic acids is 2. The van der Waals surface area contributed by atoms with E-state index in [2.05, 4.69) is 16.0 Å². The highest BCUT2D eigenvalue weighted by Gasteiger charge is 2.22. The normalized spacial score (nSPS) is 18.0. The van der Waals surface area contributed by atoms with Gasteiger partial charge in [0.15, 0.2) is 0 Å². The number of hydrogen-bond acceptors (Lipinski definition) is 3. The highest BCUT2D eigenvalue weighted by molar-refractivity contribution is 6.04. The third kappa shape index (κ3) is 4.70. The number of amides is 2. The summed E-state index contributed by atoms with van der Waals surface area (Å²) in [4.78, 5) is 24.7. The summed E-state index contributed by atoms with van der Waals surface area (Å²) in [6, 6.07) is 16.5. The van der Waals surface area contributed by atoms with Crippen molar-refractivity contribution >= 4 is 17.5 Å². The lowest BCUT2D eigenvalue weighted by molar-refractivity contribution is -0.124. The summed E-state index contributed by atoms with van der Waals surface area (Å²) in [5.41, 5.74) is 2.29. The summed E-state index contributed by atoms with van der Waals surface area (Å²) < 4.78 is 0. The predicted octanol–water partition coefficient (Wildman–Crippen LogP) is 3.26. The van der Waals surface area contributed by atoms with Crippen LogP contribution in [0.25, 0.3) is 0 Å². The van der Waals surface area contributed by atoms with Gasteiger partial charge in [-0.3, -0.25) is 9.59 Å². The molecule has 3 rings (SSSR count). The molecule has 2 amide bonds. The fourth-order valence-electron chi connectivity index (χ4n) is 3.15. The van der Waals surface area contributed by atoms with E-state index in [4.69, 9.17) is 0 Å². The maximum Gasteiger partial charge on any atom is 0.255 e. The van der Waals surface area contributed by atoms with Crippen LogP contribution < -0.4 is 16.0 Å². The van der Waals surface area contributed by atoms with E-state index in [1.54, 1.807) is 12.1 Å². The molecule has 5 heteroatoms. The summed E-state index contributed by atoms with van der Waals surface area (Å²) in [6.07, 6.45) is 3.09. The Bertz CT molecular complexity index is 755. The summed E-state index contributed by atoms with van der Waals surface area (Å²) in [7, 11) is 0. The number of rotatable bonds is 5. The zero-order valence-corrected chi connectivity index (χ0v) is 15.0. The van der Waals surface area contributed by atoms with Crippen molar-refractivity contribution in [1.29, 1.82) is 0 Å². The Kier molecular flexibility index (Phi) is 6.02. The fourth-order valence-corrected chi connectivity index (χ4v) is 3.15. The van der Waals surface area contributed by atoms with Crippen LogP contribution >= 0.6 is 0 Å². The zero-order chi connectivity index (χ0) is 18.4. The molecule has 2 aromatic rings. The van der Waals surface area contributed by atoms with E-state index >= 15 is 0 Å². The van der Waals surface area contributed by atoms with E-state index in [1.807, 2.05) is 49.4 Å². The van der Waals surface area contributed by atoms with E-state index < -0.39 is 0 Å². The number of anilines is 1. The molecule has 0 radical (unpaired) electrons. The second-order valence-electron chi connectivity index (χ2n) is 6.68. The molecule has 2 unspecified atom stereocenters. The van der Waals surface area contributed by atoms with Gasteiger partial charge in [-0.25, -0.2) is 0 Å². The standard InChI is InChI=1S/C21H25N3O2/c1-15(23-21(26)19-12-5-6-13-22-19)17-10-7-11-18(14-17)24-20(25)16-8-3-2-4-9-16/h2-4,7-11,14-15,19,22H,5-6,12-13H2,1H3,(H,23,26)(H,24,25). The van der Waals surface area contributed by atoms with Gasteiger partial charge >= 0.3 is 0 Å². The minimum Gasteiger partial charge on any atom is -0.348 e. The van der Waals surface area contributed by atoms with Crippen molar-refractivity contribution in [3.05, 3.63) is 65.7 Å². The third-order valence-corrected chi connectivity index (χ3v) is 4.67. The van der Waals surface area contributed by atoms with E-state index in [0.29, 0.717) is 11.3 Å². The van der Waals surface area contributed by atoms with Crippen LogP contribution in [0.5, 0.6) is 0 Å². The number of piperidine rings is 1. The van der Waals surface area contributed by atoms with Crippen LogP contribution in [0.4, 0.5) is 5.69 Å². The van der Waals surface area contributed by atoms with E-state index in [-0.39, 0.29) is 23.9 Å². The zero-order valence-electron chi connectivity index (χ0n) is 15.0. The van der Waals surface area contributed by atoms with Gasteiger partial charge in [-0.15, -0.1) is 0 Å². The van der Waals surface area contributed by atoms with Gasteiger partial charge < -0.3 is 16.0 Å². The molecule has 136 valence electrons. The van der Waals surface area contributed by atoms with Crippen molar-refractivity contribution < 1.29 is 9.59 Å². The van der Waals surface area contributed by atoms with E-state index in [0.717, 1.165) is 31.4 Å². The molecule has 1 heterocycles. The molecule has 2 atom stereocenters. The third-order valence-electron chi connectivity index (χ3n) is 4.67. The summed E-state index contributed by atoms with van der Waals surface area (Å²) in [6.45, 7) is 2.85. The number of nitrogens with one attached hydrogen (secondary N) is 3. The Morgan fingerprint density at radius 3 is 2.62 bits per heavy atom. The summed E-state index contributed by atoms with van der Waals surface area (Å²) >= 11 is 0. The van der Waals surface area contributed by atoms with Gasteiger partial charge in [-0.1, -0.05) is 36.8 Å². The van der Waals surface area contributed by atoms with Crippen LogP contribution in [0.3, 0.4) is 0 Å². The first kappa shape index (κ1) is 18.1. The summed E-state index contributed by atoms with van der Waals surface area (Å²) in [5.74, 6) is -0.109. The summed E-state index contributed by atoms with van der Waals surface area (Å²) in [5, 5.41) is 9.23. The number of benzene rings is 2. The monoisotopic (exact) mass is 351 g/mol. The molecule has 0 aromatic heterocycles. The van der Waals surface area contributed by atoms with Crippen molar-refractivity contribution in [2.24, 2.45) is 0 Å². The second-order valence-corrected chi connectivity index (χ2v) is 6.68. The lowest BCUT2D eigenvalue weighted by Crippen LogP contribution is -2.47. The molecule has 5 nitrogen and oxygen atoms in total. The maximum absolute atomic E-state index is 12.4. The molecule has 26 heavy (non-hydrogen) atoms. The van der Waals surface area contributed by atoms with Crippen LogP contribution in [-0.4, -0.2) is 24.4 Å². The Morgan fingerprint density at radius 1 is 1.08 bits per heavy atom. The van der Waals surface area contributed by atoms with Crippen LogP contribution in [0.15, 0.2) is 54.6 Å². The Hall–Kier alpha value is -2.66. The molecule has 1 fully saturated rings. The van der Waals surface area contributed by atoms with Crippen molar-refractivity contribution in [2.75, 3.05) is 11.9 Å². The highest BCUT2D eigenvalue weighted by Crippen LogP contribution is 2.19. The maximum atomic E-state index is 12.4. The molecular weight excluding hydrogens is 326 g/mol. The quantitative estimate of drug-likeness (QED) is 0.774. The first-order valence-corrected chi connectivity index (χ1v) is 9.13. The van der Waals surface area contributed by atoms with Crippen molar-refractivity contribution in [1.82, 2.24) is 10.6 Å². The van der Waals surface area contributed by atoms with Gasteiger partial charge in [0, 0.05) is 11.3 Å². The molecule has 3 N–H and O–H groups in total. The van der Waals surface area contributed by atoms with Crippen molar-refractivity contribution in [3.8, 4) is 0 Å². The minimum absolute atomic E-state index is 0.0379. The van der Waals surface area contributed by atoms with Crippen LogP contribution in [0.2, 0.25) is 0 Å². The van der Waals surface area contributed by atoms with Gasteiger partial charge in [0.2, 0.25) is 5.91 Å². The van der Waals surface area contributed by atoms with Crippen LogP contribution in [0.1, 0.15) is 48.1 Å². The lowest BCUT2D eigenvalue weighted by Gasteiger charge is -2.25. The second kappa shape index (κ2) is 8.63. The fraction of sp³-hybridized carbons (Fsp3) is 0.333. The lowest BCUT2D eigenvalue weighted by atomic mass is 10.0. The topological polar surface area (TPSA) is 70.2 Å². The van der Waals surface area contributed by atoms with Gasteiger partial charge in [-0.05, 0) is 56.1 Å². The molecule has 2 aromatic carbocycles. The van der Waals surface area contributed by atoms with Gasteiger partial charge in [0.25, 0.3) is 5.91 Å². The molecular formula is C21H25N3O2. The van der Waals surface area contributed by atoms with Gasteiger partial charge in [0.05, 0.1) is 12.1 Å². The first-order chi connectivity index (χ1) is 12.6. The largest absolute Gasteiger partial charge is 0.348 e. The van der Waals surface area contributed by atoms with E-state index in [9.17, 15) is 9.59 Å². The molecule has 0 bridgehead atoms. The molecule has 1 saturated heterocycles. The van der Waals surface area contributed by atoms with E-state index in [1.165, 1.54) is 0 Å². The average molecular weight is 351 g/mol. The Morgan fingerprint density at radius 2 is 1.88 bits per heavy atom. The smallest absolute Gasteiger partial charge is 0.255 e. The molecule has 0 saturated carbocycles.